The van der Waals surface area contributed by atoms with Crippen LogP contribution in [0.2, 0.25) is 0 Å². The summed E-state index contributed by atoms with van der Waals surface area (Å²) in [5, 5.41) is 3.08. The van der Waals surface area contributed by atoms with E-state index in [1.54, 1.807) is 0 Å². The van der Waals surface area contributed by atoms with Gasteiger partial charge in [0.2, 0.25) is 5.91 Å². The third-order valence-corrected chi connectivity index (χ3v) is 6.51. The van der Waals surface area contributed by atoms with Crippen LogP contribution in [-0.4, -0.2) is 5.91 Å². The van der Waals surface area contributed by atoms with Crippen LogP contribution in [0.4, 0.5) is 5.69 Å². The molecule has 0 aliphatic carbocycles. The molecule has 0 aromatic heterocycles. The van der Waals surface area contributed by atoms with Gasteiger partial charge in [0.25, 0.3) is 0 Å². The first-order valence-electron chi connectivity index (χ1n) is 8.64. The maximum atomic E-state index is 13.4. The van der Waals surface area contributed by atoms with Gasteiger partial charge in [-0.1, -0.05) is 82.2 Å². The Morgan fingerprint density at radius 3 is 2.41 bits per heavy atom. The van der Waals surface area contributed by atoms with Gasteiger partial charge < -0.3 is 5.32 Å². The molecule has 4 rings (SSSR count). The number of nitrogens with one attached hydrogen (secondary N) is 1. The summed E-state index contributed by atoms with van der Waals surface area (Å²) in [7, 11) is 0. The average molecular weight is 530 g/mol. The SMILES string of the molecule is Cc1ccc(C2(/C=C(/I)c3ccccc3)C(=O)Nc3cccc(Br)c32)cc1. The Kier molecular flexibility index (Phi) is 4.95. The molecular formula is C23H17BrINO. The number of anilines is 1. The number of amides is 1. The van der Waals surface area contributed by atoms with E-state index in [0.29, 0.717) is 0 Å². The van der Waals surface area contributed by atoms with Gasteiger partial charge in [0, 0.05) is 19.3 Å². The average Bonchev–Trinajstić information content (AvgIpc) is 2.96. The molecule has 0 radical (unpaired) electrons. The zero-order valence-electron chi connectivity index (χ0n) is 14.7. The van der Waals surface area contributed by atoms with Crippen molar-refractivity contribution >= 4 is 53.7 Å². The van der Waals surface area contributed by atoms with E-state index in [1.807, 2.05) is 36.4 Å². The molecule has 0 saturated heterocycles. The first-order valence-corrected chi connectivity index (χ1v) is 10.5. The summed E-state index contributed by atoms with van der Waals surface area (Å²) in [4.78, 5) is 13.4. The monoisotopic (exact) mass is 529 g/mol. The van der Waals surface area contributed by atoms with Crippen molar-refractivity contribution in [2.45, 2.75) is 12.3 Å². The molecule has 1 amide bonds. The van der Waals surface area contributed by atoms with Crippen LogP contribution in [0.3, 0.4) is 0 Å². The molecule has 1 aliphatic heterocycles. The number of hydrogen-bond acceptors (Lipinski definition) is 1. The number of fused-ring (bicyclic) bond motifs is 1. The van der Waals surface area contributed by atoms with Crippen LogP contribution in [-0.2, 0) is 10.2 Å². The Morgan fingerprint density at radius 1 is 1.00 bits per heavy atom. The van der Waals surface area contributed by atoms with Crippen molar-refractivity contribution in [3.63, 3.8) is 0 Å². The summed E-state index contributed by atoms with van der Waals surface area (Å²) < 4.78 is 1.96. The van der Waals surface area contributed by atoms with Crippen LogP contribution < -0.4 is 5.32 Å². The van der Waals surface area contributed by atoms with Crippen LogP contribution in [0.25, 0.3) is 3.58 Å². The molecule has 134 valence electrons. The molecule has 3 aromatic carbocycles. The highest BCUT2D eigenvalue weighted by atomic mass is 127. The lowest BCUT2D eigenvalue weighted by molar-refractivity contribution is -0.118. The van der Waals surface area contributed by atoms with Gasteiger partial charge in [0.15, 0.2) is 0 Å². The van der Waals surface area contributed by atoms with E-state index in [-0.39, 0.29) is 5.91 Å². The Hall–Kier alpha value is -1.92. The van der Waals surface area contributed by atoms with Crippen molar-refractivity contribution < 1.29 is 4.79 Å². The van der Waals surface area contributed by atoms with Crippen molar-refractivity contribution in [2.24, 2.45) is 0 Å². The summed E-state index contributed by atoms with van der Waals surface area (Å²) >= 11 is 6.01. The number of halogens is 2. The fourth-order valence-electron chi connectivity index (χ4n) is 3.55. The van der Waals surface area contributed by atoms with Crippen molar-refractivity contribution in [1.82, 2.24) is 0 Å². The maximum Gasteiger partial charge on any atom is 0.243 e. The van der Waals surface area contributed by atoms with E-state index >= 15 is 0 Å². The summed E-state index contributed by atoms with van der Waals surface area (Å²) in [6, 6.07) is 24.3. The van der Waals surface area contributed by atoms with Gasteiger partial charge in [-0.3, -0.25) is 4.79 Å². The number of carbonyl (C=O) groups is 1. The number of rotatable bonds is 3. The highest BCUT2D eigenvalue weighted by molar-refractivity contribution is 14.1. The highest BCUT2D eigenvalue weighted by Crippen LogP contribution is 2.49. The minimum atomic E-state index is -0.879. The molecule has 3 aromatic rings. The van der Waals surface area contributed by atoms with E-state index in [2.05, 4.69) is 93.2 Å². The molecule has 0 bridgehead atoms. The van der Waals surface area contributed by atoms with Gasteiger partial charge >= 0.3 is 0 Å². The molecule has 0 spiro atoms. The number of hydrogen-bond donors (Lipinski definition) is 1. The van der Waals surface area contributed by atoms with E-state index < -0.39 is 5.41 Å². The van der Waals surface area contributed by atoms with Crippen molar-refractivity contribution in [3.05, 3.63) is 106 Å². The normalized spacial score (nSPS) is 18.9. The topological polar surface area (TPSA) is 29.1 Å². The lowest BCUT2D eigenvalue weighted by Gasteiger charge is -2.26. The lowest BCUT2D eigenvalue weighted by Crippen LogP contribution is -2.34. The number of aryl methyl sites for hydroxylation is 1. The van der Waals surface area contributed by atoms with Crippen LogP contribution in [0.1, 0.15) is 22.3 Å². The fraction of sp³-hybridized carbons (Fsp3) is 0.0870. The van der Waals surface area contributed by atoms with Crippen LogP contribution in [0, 0.1) is 6.92 Å². The van der Waals surface area contributed by atoms with E-state index in [9.17, 15) is 4.79 Å². The van der Waals surface area contributed by atoms with Crippen molar-refractivity contribution in [3.8, 4) is 0 Å². The highest BCUT2D eigenvalue weighted by Gasteiger charge is 2.48. The first kappa shape index (κ1) is 18.4. The van der Waals surface area contributed by atoms with Crippen molar-refractivity contribution in [1.29, 1.82) is 0 Å². The predicted molar refractivity (Wildman–Crippen MR) is 123 cm³/mol. The molecule has 27 heavy (non-hydrogen) atoms. The fourth-order valence-corrected chi connectivity index (χ4v) is 5.05. The third-order valence-electron chi connectivity index (χ3n) is 4.91. The predicted octanol–water partition coefficient (Wildman–Crippen LogP) is 6.47. The van der Waals surface area contributed by atoms with E-state index in [1.165, 1.54) is 5.56 Å². The molecule has 2 nitrogen and oxygen atoms in total. The van der Waals surface area contributed by atoms with Crippen LogP contribution in [0.15, 0.2) is 83.3 Å². The summed E-state index contributed by atoms with van der Waals surface area (Å²) in [6.07, 6.45) is 2.08. The second-order valence-corrected chi connectivity index (χ2v) is 8.67. The number of benzene rings is 3. The molecule has 1 heterocycles. The van der Waals surface area contributed by atoms with Gasteiger partial charge in [-0.15, -0.1) is 0 Å². The Morgan fingerprint density at radius 2 is 1.70 bits per heavy atom. The molecule has 4 heteroatoms. The third kappa shape index (κ3) is 3.15. The van der Waals surface area contributed by atoms with Crippen molar-refractivity contribution in [2.75, 3.05) is 5.32 Å². The van der Waals surface area contributed by atoms with Crippen LogP contribution in [0.5, 0.6) is 0 Å². The zero-order chi connectivity index (χ0) is 19.0. The Balaban J connectivity index is 2.01. The summed E-state index contributed by atoms with van der Waals surface area (Å²) in [6.45, 7) is 2.05. The first-order chi connectivity index (χ1) is 13.0. The zero-order valence-corrected chi connectivity index (χ0v) is 18.4. The maximum absolute atomic E-state index is 13.4. The molecule has 1 atom stereocenters. The van der Waals surface area contributed by atoms with Gasteiger partial charge in [0.1, 0.15) is 5.41 Å². The molecule has 1 aliphatic rings. The lowest BCUT2D eigenvalue weighted by atomic mass is 9.74. The summed E-state index contributed by atoms with van der Waals surface area (Å²) in [5.41, 5.74) is 4.16. The molecule has 0 fully saturated rings. The minimum Gasteiger partial charge on any atom is -0.324 e. The molecule has 0 saturated carbocycles. The van der Waals surface area contributed by atoms with Gasteiger partial charge in [0.05, 0.1) is 0 Å². The minimum absolute atomic E-state index is 0.0293. The standard InChI is InChI=1S/C23H17BrINO/c1-15-10-12-17(13-11-15)23(14-19(25)16-6-3-2-4-7-16)21-18(24)8-5-9-20(21)26-22(23)27/h2-14H,1H3,(H,26,27)/b19-14+. The summed E-state index contributed by atoms with van der Waals surface area (Å²) in [5.74, 6) is -0.0293. The van der Waals surface area contributed by atoms with E-state index in [0.717, 1.165) is 30.4 Å². The molecular weight excluding hydrogens is 513 g/mol. The van der Waals surface area contributed by atoms with E-state index in [4.69, 9.17) is 0 Å². The molecule has 1 N–H and O–H groups in total. The Labute approximate surface area is 181 Å². The molecule has 1 unspecified atom stereocenters. The van der Waals surface area contributed by atoms with Gasteiger partial charge in [-0.25, -0.2) is 0 Å². The van der Waals surface area contributed by atoms with Crippen LogP contribution >= 0.6 is 38.5 Å². The quantitative estimate of drug-likeness (QED) is 0.387. The smallest absolute Gasteiger partial charge is 0.243 e. The largest absolute Gasteiger partial charge is 0.324 e. The van der Waals surface area contributed by atoms with Gasteiger partial charge in [-0.2, -0.15) is 0 Å². The Bertz CT molecular complexity index is 1040. The van der Waals surface area contributed by atoms with Gasteiger partial charge in [-0.05, 0) is 58.9 Å². The second-order valence-electron chi connectivity index (χ2n) is 6.65. The second kappa shape index (κ2) is 7.24. The number of carbonyl (C=O) groups excluding carboxylic acids is 1.